The molecule has 4 nitrogen and oxygen atoms in total. The van der Waals surface area contributed by atoms with Gasteiger partial charge in [-0.25, -0.2) is 13.1 Å². The van der Waals surface area contributed by atoms with Gasteiger partial charge in [-0.3, -0.25) is 0 Å². The zero-order chi connectivity index (χ0) is 13.2. The van der Waals surface area contributed by atoms with Gasteiger partial charge in [0.05, 0.1) is 11.0 Å². The SMILES string of the molecule is O=S(=O)(NCC1CCC(O)C1)c1ccccc1Br. The Hall–Kier alpha value is -0.430. The smallest absolute Gasteiger partial charge is 0.241 e. The van der Waals surface area contributed by atoms with E-state index >= 15 is 0 Å². The van der Waals surface area contributed by atoms with Crippen molar-refractivity contribution in [2.45, 2.75) is 30.3 Å². The van der Waals surface area contributed by atoms with Crippen LogP contribution in [0.1, 0.15) is 19.3 Å². The number of aliphatic hydroxyl groups excluding tert-OH is 1. The van der Waals surface area contributed by atoms with E-state index < -0.39 is 10.0 Å². The molecule has 0 amide bonds. The van der Waals surface area contributed by atoms with Gasteiger partial charge >= 0.3 is 0 Å². The number of rotatable bonds is 4. The van der Waals surface area contributed by atoms with Gasteiger partial charge in [-0.2, -0.15) is 0 Å². The number of benzene rings is 1. The Bertz CT molecular complexity index is 518. The Morgan fingerprint density at radius 3 is 2.67 bits per heavy atom. The van der Waals surface area contributed by atoms with Crippen LogP contribution < -0.4 is 4.72 Å². The quantitative estimate of drug-likeness (QED) is 0.884. The Morgan fingerprint density at radius 1 is 1.33 bits per heavy atom. The average Bonchev–Trinajstić information content (AvgIpc) is 2.73. The van der Waals surface area contributed by atoms with E-state index in [0.717, 1.165) is 12.8 Å². The fourth-order valence-electron chi connectivity index (χ4n) is 2.20. The van der Waals surface area contributed by atoms with Crippen LogP contribution in [0.25, 0.3) is 0 Å². The highest BCUT2D eigenvalue weighted by atomic mass is 79.9. The predicted octanol–water partition coefficient (Wildman–Crippen LogP) is 1.89. The fraction of sp³-hybridized carbons (Fsp3) is 0.500. The Balaban J connectivity index is 2.02. The first kappa shape index (κ1) is 14.0. The lowest BCUT2D eigenvalue weighted by molar-refractivity contribution is 0.178. The zero-order valence-corrected chi connectivity index (χ0v) is 12.2. The van der Waals surface area contributed by atoms with E-state index in [-0.39, 0.29) is 16.9 Å². The average molecular weight is 334 g/mol. The molecule has 1 saturated carbocycles. The number of sulfonamides is 1. The summed E-state index contributed by atoms with van der Waals surface area (Å²) >= 11 is 3.24. The maximum atomic E-state index is 12.1. The molecule has 0 heterocycles. The predicted molar refractivity (Wildman–Crippen MR) is 72.7 cm³/mol. The van der Waals surface area contributed by atoms with Gasteiger partial charge < -0.3 is 5.11 Å². The van der Waals surface area contributed by atoms with Gasteiger partial charge in [0.15, 0.2) is 0 Å². The number of nitrogens with one attached hydrogen (secondary N) is 1. The number of aliphatic hydroxyl groups is 1. The molecule has 1 aliphatic rings. The third-order valence-electron chi connectivity index (χ3n) is 3.20. The Morgan fingerprint density at radius 2 is 2.06 bits per heavy atom. The lowest BCUT2D eigenvalue weighted by atomic mass is 10.1. The van der Waals surface area contributed by atoms with Crippen molar-refractivity contribution in [1.82, 2.24) is 4.72 Å². The van der Waals surface area contributed by atoms with Crippen LogP contribution in [0.3, 0.4) is 0 Å². The summed E-state index contributed by atoms with van der Waals surface area (Å²) in [5.41, 5.74) is 0. The van der Waals surface area contributed by atoms with Crippen molar-refractivity contribution in [2.75, 3.05) is 6.54 Å². The normalized spacial score (nSPS) is 24.3. The van der Waals surface area contributed by atoms with Gasteiger partial charge in [0.1, 0.15) is 0 Å². The third kappa shape index (κ3) is 3.32. The molecule has 0 aromatic heterocycles. The summed E-state index contributed by atoms with van der Waals surface area (Å²) < 4.78 is 27.3. The second kappa shape index (κ2) is 5.69. The molecule has 2 rings (SSSR count). The van der Waals surface area contributed by atoms with Crippen molar-refractivity contribution < 1.29 is 13.5 Å². The standard InChI is InChI=1S/C12H16BrNO3S/c13-11-3-1-2-4-12(11)18(16,17)14-8-9-5-6-10(15)7-9/h1-4,9-10,14-15H,5-8H2. The summed E-state index contributed by atoms with van der Waals surface area (Å²) in [6.45, 7) is 0.390. The minimum Gasteiger partial charge on any atom is -0.393 e. The van der Waals surface area contributed by atoms with Crippen molar-refractivity contribution in [3.8, 4) is 0 Å². The second-order valence-electron chi connectivity index (χ2n) is 4.62. The van der Waals surface area contributed by atoms with Gasteiger partial charge in [0.25, 0.3) is 0 Å². The van der Waals surface area contributed by atoms with E-state index in [1.807, 2.05) is 0 Å². The Labute approximate surface area is 116 Å². The topological polar surface area (TPSA) is 66.4 Å². The van der Waals surface area contributed by atoms with Crippen LogP contribution in [-0.2, 0) is 10.0 Å². The van der Waals surface area contributed by atoms with Crippen LogP contribution in [0.4, 0.5) is 0 Å². The molecule has 1 aliphatic carbocycles. The third-order valence-corrected chi connectivity index (χ3v) is 5.64. The highest BCUT2D eigenvalue weighted by Gasteiger charge is 2.25. The zero-order valence-electron chi connectivity index (χ0n) is 9.84. The van der Waals surface area contributed by atoms with Crippen molar-refractivity contribution in [2.24, 2.45) is 5.92 Å². The summed E-state index contributed by atoms with van der Waals surface area (Å²) in [4.78, 5) is 0.253. The van der Waals surface area contributed by atoms with E-state index in [0.29, 0.717) is 17.4 Å². The maximum Gasteiger partial charge on any atom is 0.241 e. The summed E-state index contributed by atoms with van der Waals surface area (Å²) in [5.74, 6) is 0.234. The lowest BCUT2D eigenvalue weighted by Crippen LogP contribution is -2.29. The van der Waals surface area contributed by atoms with E-state index in [2.05, 4.69) is 20.7 Å². The van der Waals surface area contributed by atoms with Crippen LogP contribution in [0, 0.1) is 5.92 Å². The molecule has 2 unspecified atom stereocenters. The van der Waals surface area contributed by atoms with Gasteiger partial charge in [-0.1, -0.05) is 12.1 Å². The first-order chi connectivity index (χ1) is 8.49. The Kier molecular flexibility index (Phi) is 4.42. The number of hydrogen-bond acceptors (Lipinski definition) is 3. The molecule has 1 fully saturated rings. The molecule has 0 aliphatic heterocycles. The van der Waals surface area contributed by atoms with Crippen molar-refractivity contribution in [3.05, 3.63) is 28.7 Å². The first-order valence-electron chi connectivity index (χ1n) is 5.91. The molecule has 0 bridgehead atoms. The van der Waals surface area contributed by atoms with Gasteiger partial charge in [0.2, 0.25) is 10.0 Å². The van der Waals surface area contributed by atoms with E-state index in [9.17, 15) is 13.5 Å². The minimum absolute atomic E-state index is 0.234. The van der Waals surface area contributed by atoms with Gasteiger partial charge in [-0.15, -0.1) is 0 Å². The molecule has 1 aromatic rings. The molecule has 2 N–H and O–H groups in total. The van der Waals surface area contributed by atoms with Crippen LogP contribution in [0.5, 0.6) is 0 Å². The lowest BCUT2D eigenvalue weighted by Gasteiger charge is -2.12. The van der Waals surface area contributed by atoms with Crippen LogP contribution in [0.15, 0.2) is 33.6 Å². The largest absolute Gasteiger partial charge is 0.393 e. The van der Waals surface area contributed by atoms with Crippen molar-refractivity contribution in [1.29, 1.82) is 0 Å². The van der Waals surface area contributed by atoms with E-state index in [1.54, 1.807) is 24.3 Å². The molecule has 1 aromatic carbocycles. The highest BCUT2D eigenvalue weighted by molar-refractivity contribution is 9.10. The summed E-state index contributed by atoms with van der Waals surface area (Å²) in [6.07, 6.45) is 2.04. The van der Waals surface area contributed by atoms with Crippen LogP contribution in [0.2, 0.25) is 0 Å². The molecule has 0 radical (unpaired) electrons. The summed E-state index contributed by atoms with van der Waals surface area (Å²) in [6, 6.07) is 6.73. The highest BCUT2D eigenvalue weighted by Crippen LogP contribution is 2.26. The summed E-state index contributed by atoms with van der Waals surface area (Å²) in [5, 5.41) is 9.41. The van der Waals surface area contributed by atoms with Crippen molar-refractivity contribution in [3.63, 3.8) is 0 Å². The molecular weight excluding hydrogens is 318 g/mol. The van der Waals surface area contributed by atoms with Crippen LogP contribution >= 0.6 is 15.9 Å². The fourth-order valence-corrected chi connectivity index (χ4v) is 4.32. The molecular formula is C12H16BrNO3S. The van der Waals surface area contributed by atoms with E-state index in [1.165, 1.54) is 0 Å². The maximum absolute atomic E-state index is 12.1. The summed E-state index contributed by atoms with van der Waals surface area (Å²) in [7, 11) is -3.47. The molecule has 100 valence electrons. The van der Waals surface area contributed by atoms with Gasteiger partial charge in [-0.05, 0) is 53.2 Å². The first-order valence-corrected chi connectivity index (χ1v) is 8.19. The minimum atomic E-state index is -3.47. The van der Waals surface area contributed by atoms with Crippen LogP contribution in [-0.4, -0.2) is 26.2 Å². The molecule has 0 spiro atoms. The van der Waals surface area contributed by atoms with Gasteiger partial charge in [0, 0.05) is 11.0 Å². The van der Waals surface area contributed by atoms with Crippen molar-refractivity contribution >= 4 is 26.0 Å². The molecule has 0 saturated heterocycles. The number of hydrogen-bond donors (Lipinski definition) is 2. The molecule has 6 heteroatoms. The molecule has 18 heavy (non-hydrogen) atoms. The molecule has 2 atom stereocenters. The monoisotopic (exact) mass is 333 g/mol. The second-order valence-corrected chi connectivity index (χ2v) is 7.20. The number of halogens is 1. The van der Waals surface area contributed by atoms with E-state index in [4.69, 9.17) is 0 Å².